The Bertz CT molecular complexity index is 499. The van der Waals surface area contributed by atoms with Crippen molar-refractivity contribution in [2.45, 2.75) is 52.7 Å². The Balaban J connectivity index is 0.000000771. The van der Waals surface area contributed by atoms with Crippen LogP contribution in [0.5, 0.6) is 0 Å². The highest BCUT2D eigenvalue weighted by Crippen LogP contribution is 2.30. The highest BCUT2D eigenvalue weighted by Gasteiger charge is 2.24. The van der Waals surface area contributed by atoms with Gasteiger partial charge < -0.3 is 9.72 Å². The number of ether oxygens (including phenoxy) is 1. The van der Waals surface area contributed by atoms with Crippen LogP contribution in [0, 0.1) is 18.3 Å². The third kappa shape index (κ3) is 2.99. The number of nitriles is 1. The normalized spacial score (nSPS) is 21.9. The lowest BCUT2D eigenvalue weighted by molar-refractivity contribution is 0.0529. The fourth-order valence-corrected chi connectivity index (χ4v) is 2.06. The molecule has 0 aromatic carbocycles. The number of aromatic amines is 1. The number of H-pyrrole nitrogens is 1. The third-order valence-corrected chi connectivity index (χ3v) is 2.93. The van der Waals surface area contributed by atoms with Crippen LogP contribution in [-0.4, -0.2) is 11.1 Å². The predicted octanol–water partition coefficient (Wildman–Crippen LogP) is 2.82. The zero-order valence-electron chi connectivity index (χ0n) is 11.4. The van der Waals surface area contributed by atoms with Crippen LogP contribution in [0.3, 0.4) is 0 Å². The van der Waals surface area contributed by atoms with Crippen molar-refractivity contribution in [3.05, 3.63) is 33.2 Å². The summed E-state index contributed by atoms with van der Waals surface area (Å²) in [7, 11) is 0. The summed E-state index contributed by atoms with van der Waals surface area (Å²) in [5.41, 5.74) is 1.37. The number of aryl methyl sites for hydroxylation is 1. The molecule has 1 aliphatic rings. The average Bonchev–Trinajstić information content (AvgIpc) is 2.78. The Kier molecular flexibility index (Phi) is 5.11. The molecule has 4 nitrogen and oxygen atoms in total. The van der Waals surface area contributed by atoms with E-state index < -0.39 is 0 Å². The number of nitrogens with one attached hydrogen (secondary N) is 1. The maximum Gasteiger partial charge on any atom is 0.199 e. The molecule has 1 aromatic rings. The van der Waals surface area contributed by atoms with E-state index in [0.717, 1.165) is 18.5 Å². The molecular formula is C14H20N2O2. The van der Waals surface area contributed by atoms with Crippen LogP contribution in [0.4, 0.5) is 0 Å². The number of hydrogen-bond acceptors (Lipinski definition) is 3. The van der Waals surface area contributed by atoms with E-state index >= 15 is 0 Å². The summed E-state index contributed by atoms with van der Waals surface area (Å²) in [4.78, 5) is 14.7. The van der Waals surface area contributed by atoms with Gasteiger partial charge in [0.15, 0.2) is 5.43 Å². The standard InChI is InChI=1S/C12H14N2O2.C2H6/c1-7-3-4-12(16-7)10-5-11(15)9(6-13)8(2)14-10;1-2/h5,7,12H,3-4H2,1-2H3,(H,14,15);1-2H3. The van der Waals surface area contributed by atoms with Gasteiger partial charge in [-0.15, -0.1) is 0 Å². The first-order valence-corrected chi connectivity index (χ1v) is 6.41. The molecule has 1 N–H and O–H groups in total. The van der Waals surface area contributed by atoms with Crippen LogP contribution in [0.25, 0.3) is 0 Å². The Morgan fingerprint density at radius 1 is 1.44 bits per heavy atom. The number of nitrogens with zero attached hydrogens (tertiary/aromatic N) is 1. The van der Waals surface area contributed by atoms with Crippen molar-refractivity contribution in [2.24, 2.45) is 0 Å². The number of pyridine rings is 1. The van der Waals surface area contributed by atoms with Crippen molar-refractivity contribution in [1.82, 2.24) is 4.98 Å². The number of aromatic nitrogens is 1. The fourth-order valence-electron chi connectivity index (χ4n) is 2.06. The molecule has 2 unspecified atom stereocenters. The van der Waals surface area contributed by atoms with Crippen molar-refractivity contribution < 1.29 is 4.74 Å². The van der Waals surface area contributed by atoms with Gasteiger partial charge in [0.2, 0.25) is 0 Å². The van der Waals surface area contributed by atoms with Crippen molar-refractivity contribution >= 4 is 0 Å². The summed E-state index contributed by atoms with van der Waals surface area (Å²) in [6.07, 6.45) is 2.13. The molecule has 2 heterocycles. The molecule has 1 saturated heterocycles. The summed E-state index contributed by atoms with van der Waals surface area (Å²) in [5.74, 6) is 0. The molecule has 0 saturated carbocycles. The second-order valence-corrected chi connectivity index (χ2v) is 4.21. The van der Waals surface area contributed by atoms with E-state index in [1.165, 1.54) is 6.07 Å². The molecule has 18 heavy (non-hydrogen) atoms. The second-order valence-electron chi connectivity index (χ2n) is 4.21. The van der Waals surface area contributed by atoms with Crippen LogP contribution in [0.15, 0.2) is 10.9 Å². The molecule has 0 radical (unpaired) electrons. The van der Waals surface area contributed by atoms with Crippen molar-refractivity contribution in [3.63, 3.8) is 0 Å². The van der Waals surface area contributed by atoms with Crippen LogP contribution in [0.2, 0.25) is 0 Å². The van der Waals surface area contributed by atoms with Gasteiger partial charge in [0.25, 0.3) is 0 Å². The minimum Gasteiger partial charge on any atom is -0.369 e. The van der Waals surface area contributed by atoms with Gasteiger partial charge in [-0.2, -0.15) is 5.26 Å². The lowest BCUT2D eigenvalue weighted by atomic mass is 10.1. The fraction of sp³-hybridized carbons (Fsp3) is 0.571. The topological polar surface area (TPSA) is 65.9 Å². The largest absolute Gasteiger partial charge is 0.369 e. The maximum absolute atomic E-state index is 11.6. The Hall–Kier alpha value is -1.60. The first-order chi connectivity index (χ1) is 8.61. The number of rotatable bonds is 1. The average molecular weight is 248 g/mol. The lowest BCUT2D eigenvalue weighted by Crippen LogP contribution is -2.14. The first-order valence-electron chi connectivity index (χ1n) is 6.41. The molecule has 1 aromatic heterocycles. The zero-order valence-corrected chi connectivity index (χ0v) is 11.4. The zero-order chi connectivity index (χ0) is 13.7. The van der Waals surface area contributed by atoms with E-state index in [2.05, 4.69) is 4.98 Å². The summed E-state index contributed by atoms with van der Waals surface area (Å²) in [5, 5.41) is 8.80. The van der Waals surface area contributed by atoms with E-state index in [1.807, 2.05) is 26.8 Å². The Labute approximate surface area is 108 Å². The second kappa shape index (κ2) is 6.36. The monoisotopic (exact) mass is 248 g/mol. The molecule has 1 fully saturated rings. The van der Waals surface area contributed by atoms with Crippen LogP contribution in [-0.2, 0) is 4.74 Å². The Morgan fingerprint density at radius 2 is 2.11 bits per heavy atom. The van der Waals surface area contributed by atoms with Crippen LogP contribution in [0.1, 0.15) is 56.7 Å². The minimum atomic E-state index is -0.225. The molecule has 98 valence electrons. The lowest BCUT2D eigenvalue weighted by Gasteiger charge is -2.12. The van der Waals surface area contributed by atoms with Gasteiger partial charge >= 0.3 is 0 Å². The van der Waals surface area contributed by atoms with Gasteiger partial charge in [0.1, 0.15) is 11.6 Å². The summed E-state index contributed by atoms with van der Waals surface area (Å²) in [6.45, 7) is 7.76. The van der Waals surface area contributed by atoms with E-state index in [0.29, 0.717) is 5.69 Å². The predicted molar refractivity (Wildman–Crippen MR) is 70.4 cm³/mol. The molecule has 0 spiro atoms. The maximum atomic E-state index is 11.6. The highest BCUT2D eigenvalue weighted by molar-refractivity contribution is 5.34. The molecule has 0 amide bonds. The molecule has 1 aliphatic heterocycles. The molecule has 2 rings (SSSR count). The van der Waals surface area contributed by atoms with E-state index in [1.54, 1.807) is 6.92 Å². The number of hydrogen-bond donors (Lipinski definition) is 1. The van der Waals surface area contributed by atoms with Gasteiger partial charge in [-0.05, 0) is 26.7 Å². The van der Waals surface area contributed by atoms with Gasteiger partial charge in [-0.3, -0.25) is 4.79 Å². The summed E-state index contributed by atoms with van der Waals surface area (Å²) >= 11 is 0. The quantitative estimate of drug-likeness (QED) is 0.831. The van der Waals surface area contributed by atoms with Gasteiger partial charge in [0, 0.05) is 17.5 Å². The molecular weight excluding hydrogens is 228 g/mol. The van der Waals surface area contributed by atoms with E-state index in [-0.39, 0.29) is 23.2 Å². The van der Waals surface area contributed by atoms with Gasteiger partial charge in [-0.1, -0.05) is 13.8 Å². The van der Waals surface area contributed by atoms with E-state index in [4.69, 9.17) is 10.00 Å². The van der Waals surface area contributed by atoms with Crippen molar-refractivity contribution in [3.8, 4) is 6.07 Å². The Morgan fingerprint density at radius 3 is 2.56 bits per heavy atom. The SMILES string of the molecule is CC.Cc1[nH]c(C2CCC(C)O2)cc(=O)c1C#N. The molecule has 0 bridgehead atoms. The third-order valence-electron chi connectivity index (χ3n) is 2.93. The highest BCUT2D eigenvalue weighted by atomic mass is 16.5. The first kappa shape index (κ1) is 14.5. The van der Waals surface area contributed by atoms with Gasteiger partial charge in [0.05, 0.1) is 12.2 Å². The minimum absolute atomic E-state index is 0.0332. The molecule has 0 aliphatic carbocycles. The van der Waals surface area contributed by atoms with Crippen molar-refractivity contribution in [1.29, 1.82) is 5.26 Å². The summed E-state index contributed by atoms with van der Waals surface area (Å²) < 4.78 is 5.68. The van der Waals surface area contributed by atoms with Crippen LogP contribution < -0.4 is 5.43 Å². The van der Waals surface area contributed by atoms with E-state index in [9.17, 15) is 4.79 Å². The van der Waals surface area contributed by atoms with Crippen molar-refractivity contribution in [2.75, 3.05) is 0 Å². The molecule has 4 heteroatoms. The smallest absolute Gasteiger partial charge is 0.199 e. The van der Waals surface area contributed by atoms with Crippen LogP contribution >= 0.6 is 0 Å². The summed E-state index contributed by atoms with van der Waals surface area (Å²) in [6, 6.07) is 3.39. The van der Waals surface area contributed by atoms with Gasteiger partial charge in [-0.25, -0.2) is 0 Å². The molecule has 2 atom stereocenters.